The molecule has 1 saturated heterocycles. The fourth-order valence-electron chi connectivity index (χ4n) is 2.41. The van der Waals surface area contributed by atoms with Crippen LogP contribution in [0.15, 0.2) is 18.3 Å². The van der Waals surface area contributed by atoms with Gasteiger partial charge in [0.15, 0.2) is 0 Å². The zero-order chi connectivity index (χ0) is 14.2. The van der Waals surface area contributed by atoms with Crippen molar-refractivity contribution in [2.45, 2.75) is 25.1 Å². The maximum atomic E-state index is 5.06. The zero-order valence-electron chi connectivity index (χ0n) is 12.5. The molecule has 1 N–H and O–H groups in total. The van der Waals surface area contributed by atoms with Gasteiger partial charge in [-0.05, 0) is 12.5 Å². The van der Waals surface area contributed by atoms with Crippen LogP contribution in [0.4, 0.5) is 5.82 Å². The minimum absolute atomic E-state index is 0.736. The van der Waals surface area contributed by atoms with Crippen LogP contribution in [-0.2, 0) is 11.3 Å². The third kappa shape index (κ3) is 4.36. The van der Waals surface area contributed by atoms with E-state index in [2.05, 4.69) is 40.0 Å². The van der Waals surface area contributed by atoms with Crippen molar-refractivity contribution in [1.82, 2.24) is 10.3 Å². The molecule has 0 aromatic carbocycles. The fraction of sp³-hybridized carbons (Fsp3) is 0.667. The standard InChI is InChI=1S/C15H25N3OS/c1-3-14-12-18(8-10-20-14)15-13(5-4-6-17-15)11-16-7-9-19-2/h4-6,14,16H,3,7-12H2,1-2H3. The molecule has 1 unspecified atom stereocenters. The average molecular weight is 295 g/mol. The van der Waals surface area contributed by atoms with Gasteiger partial charge in [0, 0.05) is 56.1 Å². The molecule has 2 rings (SSSR count). The molecule has 112 valence electrons. The lowest BCUT2D eigenvalue weighted by Gasteiger charge is -2.34. The summed E-state index contributed by atoms with van der Waals surface area (Å²) in [6.45, 7) is 6.96. The van der Waals surface area contributed by atoms with Crippen LogP contribution >= 0.6 is 11.8 Å². The van der Waals surface area contributed by atoms with Crippen LogP contribution in [0, 0.1) is 0 Å². The van der Waals surface area contributed by atoms with E-state index in [-0.39, 0.29) is 0 Å². The smallest absolute Gasteiger partial charge is 0.133 e. The van der Waals surface area contributed by atoms with Gasteiger partial charge >= 0.3 is 0 Å². The van der Waals surface area contributed by atoms with Crippen LogP contribution in [0.25, 0.3) is 0 Å². The second-order valence-electron chi connectivity index (χ2n) is 5.00. The van der Waals surface area contributed by atoms with Gasteiger partial charge in [-0.3, -0.25) is 0 Å². The molecule has 1 aromatic heterocycles. The number of thioether (sulfide) groups is 1. The molecule has 1 aliphatic rings. The number of anilines is 1. The highest BCUT2D eigenvalue weighted by atomic mass is 32.2. The topological polar surface area (TPSA) is 37.4 Å². The maximum absolute atomic E-state index is 5.06. The van der Waals surface area contributed by atoms with Crippen molar-refractivity contribution >= 4 is 17.6 Å². The van der Waals surface area contributed by atoms with Crippen molar-refractivity contribution in [1.29, 1.82) is 0 Å². The summed E-state index contributed by atoms with van der Waals surface area (Å²) in [5.41, 5.74) is 1.28. The molecule has 20 heavy (non-hydrogen) atoms. The number of hydrogen-bond donors (Lipinski definition) is 1. The second kappa shape index (κ2) is 8.49. The van der Waals surface area contributed by atoms with Crippen molar-refractivity contribution in [3.8, 4) is 0 Å². The first-order valence-corrected chi connectivity index (χ1v) is 8.40. The summed E-state index contributed by atoms with van der Waals surface area (Å²) in [6, 6.07) is 4.19. The molecule has 0 spiro atoms. The highest BCUT2D eigenvalue weighted by Gasteiger charge is 2.21. The highest BCUT2D eigenvalue weighted by Crippen LogP contribution is 2.26. The summed E-state index contributed by atoms with van der Waals surface area (Å²) in [7, 11) is 1.73. The van der Waals surface area contributed by atoms with Crippen LogP contribution < -0.4 is 10.2 Å². The number of rotatable bonds is 7. The Morgan fingerprint density at radius 1 is 1.55 bits per heavy atom. The molecule has 2 heterocycles. The van der Waals surface area contributed by atoms with Gasteiger partial charge in [-0.25, -0.2) is 4.98 Å². The van der Waals surface area contributed by atoms with Crippen LogP contribution in [0.2, 0.25) is 0 Å². The van der Waals surface area contributed by atoms with E-state index in [1.54, 1.807) is 7.11 Å². The van der Waals surface area contributed by atoms with Crippen LogP contribution in [0.5, 0.6) is 0 Å². The van der Waals surface area contributed by atoms with Gasteiger partial charge in [-0.15, -0.1) is 0 Å². The lowest BCUT2D eigenvalue weighted by molar-refractivity contribution is 0.199. The highest BCUT2D eigenvalue weighted by molar-refractivity contribution is 8.00. The molecule has 0 amide bonds. The first-order valence-electron chi connectivity index (χ1n) is 7.35. The number of hydrogen-bond acceptors (Lipinski definition) is 5. The van der Waals surface area contributed by atoms with E-state index in [9.17, 15) is 0 Å². The third-order valence-electron chi connectivity index (χ3n) is 3.56. The van der Waals surface area contributed by atoms with E-state index >= 15 is 0 Å². The minimum Gasteiger partial charge on any atom is -0.383 e. The number of ether oxygens (including phenoxy) is 1. The van der Waals surface area contributed by atoms with Crippen LogP contribution in [0.3, 0.4) is 0 Å². The lowest BCUT2D eigenvalue weighted by atomic mass is 10.2. The third-order valence-corrected chi connectivity index (χ3v) is 4.93. The average Bonchev–Trinajstić information content (AvgIpc) is 2.52. The van der Waals surface area contributed by atoms with E-state index in [1.807, 2.05) is 12.3 Å². The van der Waals surface area contributed by atoms with Crippen LogP contribution in [-0.4, -0.2) is 49.3 Å². The molecule has 5 heteroatoms. The number of aromatic nitrogens is 1. The van der Waals surface area contributed by atoms with Crippen molar-refractivity contribution < 1.29 is 4.74 Å². The Kier molecular flexibility index (Phi) is 6.63. The first kappa shape index (κ1) is 15.6. The number of methoxy groups -OCH3 is 1. The van der Waals surface area contributed by atoms with Crippen molar-refractivity contribution in [3.05, 3.63) is 23.9 Å². The second-order valence-corrected chi connectivity index (χ2v) is 6.41. The molecule has 1 aromatic rings. The molecule has 0 saturated carbocycles. The Balaban J connectivity index is 1.99. The number of nitrogens with zero attached hydrogens (tertiary/aromatic N) is 2. The zero-order valence-corrected chi connectivity index (χ0v) is 13.3. The Morgan fingerprint density at radius 3 is 3.25 bits per heavy atom. The van der Waals surface area contributed by atoms with Crippen molar-refractivity contribution in [3.63, 3.8) is 0 Å². The Morgan fingerprint density at radius 2 is 2.45 bits per heavy atom. The summed E-state index contributed by atoms with van der Waals surface area (Å²) in [4.78, 5) is 7.06. The predicted molar refractivity (Wildman–Crippen MR) is 86.6 cm³/mol. The SMILES string of the molecule is CCC1CN(c2ncccc2CNCCOC)CCS1. The monoisotopic (exact) mass is 295 g/mol. The van der Waals surface area contributed by atoms with Crippen molar-refractivity contribution in [2.75, 3.05) is 44.0 Å². The number of nitrogens with one attached hydrogen (secondary N) is 1. The summed E-state index contributed by atoms with van der Waals surface area (Å²) >= 11 is 2.09. The molecule has 0 bridgehead atoms. The molecule has 1 atom stereocenters. The van der Waals surface area contributed by atoms with Gasteiger partial charge in [0.25, 0.3) is 0 Å². The Hall–Kier alpha value is -0.780. The van der Waals surface area contributed by atoms with Gasteiger partial charge in [-0.1, -0.05) is 13.0 Å². The van der Waals surface area contributed by atoms with E-state index in [1.165, 1.54) is 17.7 Å². The molecule has 4 nitrogen and oxygen atoms in total. The lowest BCUT2D eigenvalue weighted by Crippen LogP contribution is -2.39. The Labute approximate surface area is 126 Å². The quantitative estimate of drug-likeness (QED) is 0.780. The van der Waals surface area contributed by atoms with Gasteiger partial charge in [0.05, 0.1) is 6.61 Å². The van der Waals surface area contributed by atoms with Gasteiger partial charge < -0.3 is 15.0 Å². The minimum atomic E-state index is 0.736. The van der Waals surface area contributed by atoms with E-state index in [0.717, 1.165) is 43.9 Å². The van der Waals surface area contributed by atoms with Gasteiger partial charge in [0.2, 0.25) is 0 Å². The molecule has 0 aliphatic carbocycles. The predicted octanol–water partition coefficient (Wildman–Crippen LogP) is 2.15. The molecule has 1 fully saturated rings. The summed E-state index contributed by atoms with van der Waals surface area (Å²) in [6.07, 6.45) is 3.13. The van der Waals surface area contributed by atoms with Crippen molar-refractivity contribution in [2.24, 2.45) is 0 Å². The summed E-state index contributed by atoms with van der Waals surface area (Å²) < 4.78 is 5.06. The van der Waals surface area contributed by atoms with E-state index in [4.69, 9.17) is 4.74 Å². The molecule has 1 aliphatic heterocycles. The maximum Gasteiger partial charge on any atom is 0.133 e. The van der Waals surface area contributed by atoms with E-state index < -0.39 is 0 Å². The van der Waals surface area contributed by atoms with Gasteiger partial charge in [0.1, 0.15) is 5.82 Å². The summed E-state index contributed by atoms with van der Waals surface area (Å²) in [5.74, 6) is 2.35. The normalized spacial score (nSPS) is 19.3. The number of pyridine rings is 1. The van der Waals surface area contributed by atoms with Gasteiger partial charge in [-0.2, -0.15) is 11.8 Å². The largest absolute Gasteiger partial charge is 0.383 e. The fourth-order valence-corrected chi connectivity index (χ4v) is 3.59. The molecular formula is C15H25N3OS. The summed E-state index contributed by atoms with van der Waals surface area (Å²) in [5, 5.41) is 4.15. The Bertz CT molecular complexity index is 402. The first-order chi connectivity index (χ1) is 9.85. The molecular weight excluding hydrogens is 270 g/mol. The molecule has 0 radical (unpaired) electrons. The van der Waals surface area contributed by atoms with E-state index in [0.29, 0.717) is 0 Å². The van der Waals surface area contributed by atoms with Crippen LogP contribution in [0.1, 0.15) is 18.9 Å².